The lowest BCUT2D eigenvalue weighted by Gasteiger charge is -2.12. The summed E-state index contributed by atoms with van der Waals surface area (Å²) in [4.78, 5) is 40.1. The number of aromatic nitrogens is 2. The summed E-state index contributed by atoms with van der Waals surface area (Å²) in [7, 11) is 0. The number of aliphatic hydroxyl groups is 1. The first-order valence-electron chi connectivity index (χ1n) is 8.77. The first-order valence-corrected chi connectivity index (χ1v) is 9.76. The Bertz CT molecular complexity index is 1120. The van der Waals surface area contributed by atoms with Crippen molar-refractivity contribution < 1.29 is 14.8 Å². The lowest BCUT2D eigenvalue weighted by atomic mass is 10.2. The quantitative estimate of drug-likeness (QED) is 0.251. The Morgan fingerprint density at radius 2 is 1.93 bits per heavy atom. The molecule has 9 nitrogen and oxygen atoms in total. The van der Waals surface area contributed by atoms with E-state index in [9.17, 15) is 19.7 Å². The predicted molar refractivity (Wildman–Crippen MR) is 110 cm³/mol. The summed E-state index contributed by atoms with van der Waals surface area (Å²) in [6, 6.07) is 12.8. The minimum absolute atomic E-state index is 0.0818. The molecule has 29 heavy (non-hydrogen) atoms. The maximum Gasteiger partial charge on any atom is 0.292 e. The molecule has 0 atom stereocenters. The zero-order chi connectivity index (χ0) is 20.8. The van der Waals surface area contributed by atoms with Crippen LogP contribution in [0.5, 0.6) is 0 Å². The fourth-order valence-corrected chi connectivity index (χ4v) is 3.56. The summed E-state index contributed by atoms with van der Waals surface area (Å²) >= 11 is 1.06. The van der Waals surface area contributed by atoms with Gasteiger partial charge >= 0.3 is 0 Å². The largest absolute Gasteiger partial charge is 0.396 e. The lowest BCUT2D eigenvalue weighted by molar-refractivity contribution is -0.383. The van der Waals surface area contributed by atoms with Crippen LogP contribution in [0.1, 0.15) is 6.42 Å². The number of nitrogens with one attached hydrogen (secondary N) is 1. The van der Waals surface area contributed by atoms with Gasteiger partial charge in [-0.1, -0.05) is 36.0 Å². The highest BCUT2D eigenvalue weighted by molar-refractivity contribution is 7.99. The Hall–Kier alpha value is -3.24. The first kappa shape index (κ1) is 20.5. The van der Waals surface area contributed by atoms with E-state index in [4.69, 9.17) is 5.11 Å². The number of amides is 1. The maximum absolute atomic E-state index is 12.8. The summed E-state index contributed by atoms with van der Waals surface area (Å²) in [5.74, 6) is -0.545. The zero-order valence-corrected chi connectivity index (χ0v) is 16.1. The molecule has 2 N–H and O–H groups in total. The number of benzene rings is 2. The van der Waals surface area contributed by atoms with E-state index in [2.05, 4.69) is 10.3 Å². The number of anilines is 1. The SMILES string of the molecule is O=C(CSc1nc2ccccc2c(=O)n1CCCO)Nc1ccccc1[N+](=O)[O-]. The number of nitrogens with zero attached hydrogens (tertiary/aromatic N) is 3. The number of nitro groups is 1. The molecule has 0 aliphatic carbocycles. The molecule has 0 saturated heterocycles. The molecule has 0 aliphatic heterocycles. The van der Waals surface area contributed by atoms with Crippen LogP contribution in [0.2, 0.25) is 0 Å². The van der Waals surface area contributed by atoms with Gasteiger partial charge in [0.25, 0.3) is 11.2 Å². The van der Waals surface area contributed by atoms with Gasteiger partial charge in [0.15, 0.2) is 5.16 Å². The molecule has 0 unspecified atom stereocenters. The average molecular weight is 414 g/mol. The van der Waals surface area contributed by atoms with Crippen molar-refractivity contribution >= 4 is 39.9 Å². The predicted octanol–water partition coefficient (Wildman–Crippen LogP) is 2.42. The maximum atomic E-state index is 12.8. The van der Waals surface area contributed by atoms with E-state index in [1.807, 2.05) is 0 Å². The van der Waals surface area contributed by atoms with Crippen molar-refractivity contribution in [1.29, 1.82) is 0 Å². The van der Waals surface area contributed by atoms with E-state index in [0.717, 1.165) is 11.8 Å². The molecule has 0 radical (unpaired) electrons. The van der Waals surface area contributed by atoms with Gasteiger partial charge in [0.2, 0.25) is 5.91 Å². The van der Waals surface area contributed by atoms with Crippen LogP contribution in [0.25, 0.3) is 10.9 Å². The van der Waals surface area contributed by atoms with Gasteiger partial charge in [-0.15, -0.1) is 0 Å². The minimum Gasteiger partial charge on any atom is -0.396 e. The summed E-state index contributed by atoms with van der Waals surface area (Å²) in [5.41, 5.74) is 0.173. The molecule has 0 saturated carbocycles. The van der Waals surface area contributed by atoms with Crippen LogP contribution >= 0.6 is 11.8 Å². The Labute approximate surface area is 169 Å². The van der Waals surface area contributed by atoms with Gasteiger partial charge in [-0.05, 0) is 24.6 Å². The minimum atomic E-state index is -0.569. The molecule has 3 aromatic rings. The molecule has 0 fully saturated rings. The number of hydrogen-bond acceptors (Lipinski definition) is 7. The van der Waals surface area contributed by atoms with Crippen LogP contribution in [0.3, 0.4) is 0 Å². The topological polar surface area (TPSA) is 127 Å². The Morgan fingerprint density at radius 3 is 2.69 bits per heavy atom. The molecule has 2 aromatic carbocycles. The van der Waals surface area contributed by atoms with E-state index in [0.29, 0.717) is 22.5 Å². The summed E-state index contributed by atoms with van der Waals surface area (Å²) in [5, 5.41) is 23.5. The molecule has 150 valence electrons. The third-order valence-corrected chi connectivity index (χ3v) is 5.05. The third-order valence-electron chi connectivity index (χ3n) is 4.07. The van der Waals surface area contributed by atoms with Crippen molar-refractivity contribution in [3.8, 4) is 0 Å². The molecule has 1 heterocycles. The molecule has 0 spiro atoms. The first-order chi connectivity index (χ1) is 14.0. The third kappa shape index (κ3) is 4.79. The number of para-hydroxylation sites is 3. The molecule has 1 aromatic heterocycles. The van der Waals surface area contributed by atoms with Crippen LogP contribution < -0.4 is 10.9 Å². The molecule has 0 bridgehead atoms. The van der Waals surface area contributed by atoms with Gasteiger partial charge in [-0.25, -0.2) is 4.98 Å². The second kappa shape index (κ2) is 9.30. The zero-order valence-electron chi connectivity index (χ0n) is 15.3. The van der Waals surface area contributed by atoms with Crippen molar-refractivity contribution in [1.82, 2.24) is 9.55 Å². The van der Waals surface area contributed by atoms with Gasteiger partial charge in [0.1, 0.15) is 5.69 Å². The normalized spacial score (nSPS) is 10.8. The van der Waals surface area contributed by atoms with Crippen LogP contribution in [0.15, 0.2) is 58.5 Å². The Morgan fingerprint density at radius 1 is 1.21 bits per heavy atom. The van der Waals surface area contributed by atoms with Gasteiger partial charge in [-0.2, -0.15) is 0 Å². The average Bonchev–Trinajstić information content (AvgIpc) is 2.72. The van der Waals surface area contributed by atoms with E-state index in [1.165, 1.54) is 22.8 Å². The number of rotatable bonds is 8. The van der Waals surface area contributed by atoms with E-state index < -0.39 is 10.8 Å². The van der Waals surface area contributed by atoms with Crippen LogP contribution in [0.4, 0.5) is 11.4 Å². The number of hydrogen-bond donors (Lipinski definition) is 2. The summed E-state index contributed by atoms with van der Waals surface area (Å²) < 4.78 is 1.43. The van der Waals surface area contributed by atoms with Crippen molar-refractivity contribution in [2.75, 3.05) is 17.7 Å². The lowest BCUT2D eigenvalue weighted by Crippen LogP contribution is -2.25. The van der Waals surface area contributed by atoms with Crippen LogP contribution in [-0.4, -0.2) is 37.8 Å². The second-order valence-corrected chi connectivity index (χ2v) is 7.00. The van der Waals surface area contributed by atoms with E-state index in [-0.39, 0.29) is 35.8 Å². The monoisotopic (exact) mass is 414 g/mol. The second-order valence-electron chi connectivity index (χ2n) is 6.06. The van der Waals surface area contributed by atoms with Crippen molar-refractivity contribution in [3.05, 3.63) is 69.0 Å². The van der Waals surface area contributed by atoms with Gasteiger partial charge in [0.05, 0.1) is 21.6 Å². The van der Waals surface area contributed by atoms with E-state index in [1.54, 1.807) is 30.3 Å². The smallest absolute Gasteiger partial charge is 0.292 e. The number of thioether (sulfide) groups is 1. The molecular weight excluding hydrogens is 396 g/mol. The highest BCUT2D eigenvalue weighted by Crippen LogP contribution is 2.24. The summed E-state index contributed by atoms with van der Waals surface area (Å²) in [6.07, 6.45) is 0.371. The van der Waals surface area contributed by atoms with Gasteiger partial charge in [-0.3, -0.25) is 24.3 Å². The van der Waals surface area contributed by atoms with Crippen molar-refractivity contribution in [2.45, 2.75) is 18.1 Å². The van der Waals surface area contributed by atoms with Crippen LogP contribution in [-0.2, 0) is 11.3 Å². The number of aliphatic hydroxyl groups excluding tert-OH is 1. The fourth-order valence-electron chi connectivity index (χ4n) is 2.74. The molecule has 1 amide bonds. The molecule has 10 heteroatoms. The van der Waals surface area contributed by atoms with Gasteiger partial charge < -0.3 is 10.4 Å². The Kier molecular flexibility index (Phi) is 6.57. The van der Waals surface area contributed by atoms with Crippen molar-refractivity contribution in [3.63, 3.8) is 0 Å². The fraction of sp³-hybridized carbons (Fsp3) is 0.211. The standard InChI is InChI=1S/C19H18N4O5S/c24-11-5-10-22-18(26)13-6-1-2-7-14(13)21-19(22)29-12-17(25)20-15-8-3-4-9-16(15)23(27)28/h1-4,6-9,24H,5,10-12H2,(H,20,25). The van der Waals surface area contributed by atoms with E-state index >= 15 is 0 Å². The molecular formula is C19H18N4O5S. The number of nitro benzene ring substituents is 1. The number of carbonyl (C=O) groups excluding carboxylic acids is 1. The number of carbonyl (C=O) groups is 1. The van der Waals surface area contributed by atoms with Crippen molar-refractivity contribution in [2.24, 2.45) is 0 Å². The summed E-state index contributed by atoms with van der Waals surface area (Å²) in [6.45, 7) is 0.183. The molecule has 0 aliphatic rings. The molecule has 3 rings (SSSR count). The van der Waals surface area contributed by atoms with Gasteiger partial charge in [0, 0.05) is 19.2 Å². The van der Waals surface area contributed by atoms with Crippen LogP contribution in [0, 0.1) is 10.1 Å². The number of fused-ring (bicyclic) bond motifs is 1. The Balaban J connectivity index is 1.82. The highest BCUT2D eigenvalue weighted by Gasteiger charge is 2.17. The highest BCUT2D eigenvalue weighted by atomic mass is 32.2.